The Morgan fingerprint density at radius 1 is 1.06 bits per heavy atom. The molecule has 1 aliphatic rings. The van der Waals surface area contributed by atoms with E-state index in [2.05, 4.69) is 17.0 Å². The van der Waals surface area contributed by atoms with Crippen LogP contribution in [0.2, 0.25) is 0 Å². The van der Waals surface area contributed by atoms with Crippen molar-refractivity contribution >= 4 is 11.0 Å². The van der Waals surface area contributed by atoms with Gasteiger partial charge in [-0.25, -0.2) is 0 Å². The predicted octanol–water partition coefficient (Wildman–Crippen LogP) is 2.36. The summed E-state index contributed by atoms with van der Waals surface area (Å²) in [6.45, 7) is 0. The number of hydrogen-bond donors (Lipinski definition) is 0. The monoisotopic (exact) mass is 222 g/mol. The maximum absolute atomic E-state index is 5.91. The molecule has 3 nitrogen and oxygen atoms in total. The minimum Gasteiger partial charge on any atom is -0.469 e. The van der Waals surface area contributed by atoms with E-state index in [0.717, 1.165) is 28.2 Å². The van der Waals surface area contributed by atoms with Crippen molar-refractivity contribution in [3.63, 3.8) is 0 Å². The van der Waals surface area contributed by atoms with Crippen LogP contribution in [0.4, 0.5) is 0 Å². The van der Waals surface area contributed by atoms with E-state index in [-0.39, 0.29) is 0 Å². The van der Waals surface area contributed by atoms with Crippen LogP contribution in [0.5, 0.6) is 11.5 Å². The van der Waals surface area contributed by atoms with Crippen LogP contribution in [0, 0.1) is 6.33 Å². The number of para-hydroxylation sites is 3. The molecule has 0 bridgehead atoms. The molecule has 82 valence electrons. The van der Waals surface area contributed by atoms with Crippen molar-refractivity contribution in [3.05, 3.63) is 48.8 Å². The zero-order chi connectivity index (χ0) is 11.4. The van der Waals surface area contributed by atoms with E-state index in [1.165, 1.54) is 0 Å². The third-order valence-corrected chi connectivity index (χ3v) is 3.14. The molecule has 2 aromatic carbocycles. The highest BCUT2D eigenvalue weighted by Crippen LogP contribution is 2.35. The maximum Gasteiger partial charge on any atom is 0.244 e. The van der Waals surface area contributed by atoms with E-state index in [0.29, 0.717) is 0 Å². The van der Waals surface area contributed by atoms with Crippen molar-refractivity contribution in [2.75, 3.05) is 0 Å². The van der Waals surface area contributed by atoms with Gasteiger partial charge < -0.3 is 13.9 Å². The minimum atomic E-state index is 0.875. The second-order valence-electron chi connectivity index (χ2n) is 4.19. The molecular weight excluding hydrogens is 212 g/mol. The van der Waals surface area contributed by atoms with Crippen LogP contribution in [0.25, 0.3) is 16.7 Å². The molecule has 0 aliphatic carbocycles. The Kier molecular flexibility index (Phi) is 1.50. The summed E-state index contributed by atoms with van der Waals surface area (Å²) >= 11 is 0. The first-order chi connectivity index (χ1) is 8.34. The maximum atomic E-state index is 5.91. The highest BCUT2D eigenvalue weighted by Gasteiger charge is 2.19. The predicted molar refractivity (Wildman–Crippen MR) is 63.4 cm³/mol. The van der Waals surface area contributed by atoms with E-state index >= 15 is 0 Å². The minimum absolute atomic E-state index is 0.875. The molecule has 3 heteroatoms. The van der Waals surface area contributed by atoms with Crippen LogP contribution in [0.1, 0.15) is 0 Å². The van der Waals surface area contributed by atoms with E-state index in [1.54, 1.807) is 0 Å². The summed E-state index contributed by atoms with van der Waals surface area (Å²) in [7, 11) is 2.00. The van der Waals surface area contributed by atoms with Crippen molar-refractivity contribution in [2.45, 2.75) is 0 Å². The largest absolute Gasteiger partial charge is 0.469 e. The molecule has 1 aromatic heterocycles. The van der Waals surface area contributed by atoms with Crippen LogP contribution in [0.15, 0.2) is 42.5 Å². The molecule has 0 fully saturated rings. The Bertz CT molecular complexity index is 743. The van der Waals surface area contributed by atoms with Gasteiger partial charge in [0.1, 0.15) is 11.5 Å². The zero-order valence-corrected chi connectivity index (χ0v) is 9.34. The molecule has 0 radical (unpaired) electrons. The lowest BCUT2D eigenvalue weighted by molar-refractivity contribution is -0.575. The fourth-order valence-electron chi connectivity index (χ4n) is 2.36. The molecule has 0 atom stereocenters. The van der Waals surface area contributed by atoms with Crippen molar-refractivity contribution in [3.8, 4) is 17.2 Å². The first-order valence-corrected chi connectivity index (χ1v) is 5.54. The van der Waals surface area contributed by atoms with Crippen molar-refractivity contribution < 1.29 is 9.30 Å². The van der Waals surface area contributed by atoms with Crippen LogP contribution >= 0.6 is 0 Å². The van der Waals surface area contributed by atoms with Gasteiger partial charge in [0.2, 0.25) is 6.33 Å². The van der Waals surface area contributed by atoms with Gasteiger partial charge in [-0.3, -0.25) is 0 Å². The lowest BCUT2D eigenvalue weighted by Crippen LogP contribution is -2.32. The number of hydrogen-bond acceptors (Lipinski definition) is 1. The molecular formula is C14H10N2O. The zero-order valence-electron chi connectivity index (χ0n) is 9.34. The number of benzene rings is 2. The molecule has 0 spiro atoms. The first-order valence-electron chi connectivity index (χ1n) is 5.54. The summed E-state index contributed by atoms with van der Waals surface area (Å²) < 4.78 is 9.96. The van der Waals surface area contributed by atoms with Gasteiger partial charge >= 0.3 is 0 Å². The average molecular weight is 222 g/mol. The Balaban J connectivity index is 2.22. The summed E-state index contributed by atoms with van der Waals surface area (Å²) in [5.41, 5.74) is 3.24. The van der Waals surface area contributed by atoms with Gasteiger partial charge in [-0.2, -0.15) is 0 Å². The first kappa shape index (κ1) is 8.82. The highest BCUT2D eigenvalue weighted by molar-refractivity contribution is 5.80. The SMILES string of the molecule is Cn1[c-][n+]2c3c(cccc31)Oc1ccccc1-2. The Morgan fingerprint density at radius 2 is 1.88 bits per heavy atom. The summed E-state index contributed by atoms with van der Waals surface area (Å²) in [5.74, 6) is 1.76. The van der Waals surface area contributed by atoms with Gasteiger partial charge in [0.15, 0.2) is 0 Å². The fraction of sp³-hybridized carbons (Fsp3) is 0.0714. The normalized spacial score (nSPS) is 12.3. The van der Waals surface area contributed by atoms with Gasteiger partial charge in [-0.15, -0.1) is 0 Å². The lowest BCUT2D eigenvalue weighted by atomic mass is 10.2. The van der Waals surface area contributed by atoms with Crippen molar-refractivity contribution in [1.82, 2.24) is 4.57 Å². The second-order valence-corrected chi connectivity index (χ2v) is 4.19. The van der Waals surface area contributed by atoms with Crippen LogP contribution < -0.4 is 9.30 Å². The standard InChI is InChI=1S/C14H10N2O/c1-15-9-16-10-5-2-3-7-12(10)17-13-8-4-6-11(15)14(13)16/h2-8H,1H3. The molecule has 0 saturated carbocycles. The molecule has 17 heavy (non-hydrogen) atoms. The fourth-order valence-corrected chi connectivity index (χ4v) is 2.36. The third-order valence-electron chi connectivity index (χ3n) is 3.14. The molecule has 1 aliphatic heterocycles. The molecule has 2 heterocycles. The average Bonchev–Trinajstić information content (AvgIpc) is 2.70. The molecule has 0 N–H and O–H groups in total. The summed E-state index contributed by atoms with van der Waals surface area (Å²) in [6, 6.07) is 14.1. The van der Waals surface area contributed by atoms with Crippen LogP contribution in [-0.2, 0) is 7.05 Å². The van der Waals surface area contributed by atoms with Crippen molar-refractivity contribution in [1.29, 1.82) is 0 Å². The third kappa shape index (κ3) is 1.03. The van der Waals surface area contributed by atoms with E-state index in [4.69, 9.17) is 4.74 Å². The Hall–Kier alpha value is -2.29. The number of imidazole rings is 1. The number of aryl methyl sites for hydroxylation is 1. The number of ether oxygens (including phenoxy) is 1. The summed E-state index contributed by atoms with van der Waals surface area (Å²) in [5, 5.41) is 0. The quantitative estimate of drug-likeness (QED) is 0.330. The van der Waals surface area contributed by atoms with Gasteiger partial charge in [-0.1, -0.05) is 30.3 Å². The number of nitrogens with zero attached hydrogens (tertiary/aromatic N) is 2. The Morgan fingerprint density at radius 3 is 2.82 bits per heavy atom. The molecule has 3 aromatic rings. The molecule has 0 amide bonds. The topological polar surface area (TPSA) is 18.0 Å². The van der Waals surface area contributed by atoms with Gasteiger partial charge in [0.05, 0.1) is 23.8 Å². The van der Waals surface area contributed by atoms with E-state index in [1.807, 2.05) is 48.0 Å². The highest BCUT2D eigenvalue weighted by atomic mass is 16.5. The van der Waals surface area contributed by atoms with E-state index in [9.17, 15) is 0 Å². The lowest BCUT2D eigenvalue weighted by Gasteiger charge is -2.20. The van der Waals surface area contributed by atoms with Gasteiger partial charge in [0.25, 0.3) is 0 Å². The second kappa shape index (κ2) is 2.88. The molecule has 0 saturated heterocycles. The van der Waals surface area contributed by atoms with Crippen molar-refractivity contribution in [2.24, 2.45) is 7.05 Å². The van der Waals surface area contributed by atoms with Gasteiger partial charge in [-0.05, 0) is 12.1 Å². The number of rotatable bonds is 0. The summed E-state index contributed by atoms with van der Waals surface area (Å²) in [4.78, 5) is 0. The van der Waals surface area contributed by atoms with Crippen LogP contribution in [-0.4, -0.2) is 4.57 Å². The van der Waals surface area contributed by atoms with E-state index < -0.39 is 0 Å². The smallest absolute Gasteiger partial charge is 0.244 e. The van der Waals surface area contributed by atoms with Gasteiger partial charge in [0, 0.05) is 0 Å². The molecule has 0 unspecified atom stereocenters. The number of aromatic nitrogens is 2. The van der Waals surface area contributed by atoms with Crippen LogP contribution in [0.3, 0.4) is 0 Å². The summed E-state index contributed by atoms with van der Waals surface area (Å²) in [6.07, 6.45) is 3.30. The molecule has 4 rings (SSSR count). The Labute approximate surface area is 98.5 Å². The number of fused-ring (bicyclic) bond motifs is 2.